The molecule has 0 spiro atoms. The first-order valence-corrected chi connectivity index (χ1v) is 6.69. The molecule has 0 aromatic heterocycles. The van der Waals surface area contributed by atoms with E-state index in [0.717, 1.165) is 15.8 Å². The minimum Gasteiger partial charge on any atom is -0.497 e. The van der Waals surface area contributed by atoms with Gasteiger partial charge in [-0.25, -0.2) is 0 Å². The summed E-state index contributed by atoms with van der Waals surface area (Å²) in [5.41, 5.74) is 0.838. The van der Waals surface area contributed by atoms with Gasteiger partial charge in [0.25, 0.3) is 0 Å². The predicted molar refractivity (Wildman–Crippen MR) is 77.8 cm³/mol. The van der Waals surface area contributed by atoms with Crippen molar-refractivity contribution in [1.82, 2.24) is 0 Å². The zero-order valence-corrected chi connectivity index (χ0v) is 12.3. The molecule has 2 aromatic carbocycles. The molecule has 0 bridgehead atoms. The molecule has 0 unspecified atom stereocenters. The molecule has 0 aliphatic rings. The normalized spacial score (nSPS) is 12.0. The molecule has 100 valence electrons. The summed E-state index contributed by atoms with van der Waals surface area (Å²) in [4.78, 5) is 0. The van der Waals surface area contributed by atoms with Gasteiger partial charge in [-0.1, -0.05) is 12.1 Å². The van der Waals surface area contributed by atoms with E-state index < -0.39 is 6.10 Å². The first kappa shape index (κ1) is 13.9. The summed E-state index contributed by atoms with van der Waals surface area (Å²) in [7, 11) is 1.62. The van der Waals surface area contributed by atoms with Gasteiger partial charge in [-0.3, -0.25) is 0 Å². The summed E-state index contributed by atoms with van der Waals surface area (Å²) in [6.07, 6.45) is -0.498. The zero-order chi connectivity index (χ0) is 13.8. The zero-order valence-electron chi connectivity index (χ0n) is 10.8. The third-order valence-electron chi connectivity index (χ3n) is 2.71. The summed E-state index contributed by atoms with van der Waals surface area (Å²) < 4.78 is 11.7. The van der Waals surface area contributed by atoms with Crippen molar-refractivity contribution in [2.24, 2.45) is 0 Å². The van der Waals surface area contributed by atoms with E-state index in [1.54, 1.807) is 14.0 Å². The highest BCUT2D eigenvalue weighted by atomic mass is 79.9. The van der Waals surface area contributed by atoms with Crippen LogP contribution in [-0.4, -0.2) is 12.2 Å². The van der Waals surface area contributed by atoms with Crippen LogP contribution < -0.4 is 9.47 Å². The Bertz CT molecular complexity index is 567. The lowest BCUT2D eigenvalue weighted by molar-refractivity contribution is 0.199. The average Bonchev–Trinajstić information content (AvgIpc) is 2.41. The maximum absolute atomic E-state index is 9.52. The molecule has 0 radical (unpaired) electrons. The number of aliphatic hydroxyl groups is 1. The number of aliphatic hydroxyl groups excluding tert-OH is 1. The second-order valence-electron chi connectivity index (χ2n) is 4.15. The van der Waals surface area contributed by atoms with Crippen LogP contribution in [0.15, 0.2) is 46.9 Å². The van der Waals surface area contributed by atoms with Crippen molar-refractivity contribution >= 4 is 15.9 Å². The van der Waals surface area contributed by atoms with E-state index in [0.29, 0.717) is 11.5 Å². The molecule has 2 rings (SSSR count). The van der Waals surface area contributed by atoms with Gasteiger partial charge >= 0.3 is 0 Å². The highest BCUT2D eigenvalue weighted by molar-refractivity contribution is 9.10. The summed E-state index contributed by atoms with van der Waals surface area (Å²) in [6, 6.07) is 12.9. The highest BCUT2D eigenvalue weighted by Crippen LogP contribution is 2.33. The van der Waals surface area contributed by atoms with Gasteiger partial charge in [0.05, 0.1) is 17.7 Å². The molecule has 0 aliphatic carbocycles. The number of benzene rings is 2. The third-order valence-corrected chi connectivity index (χ3v) is 3.33. The van der Waals surface area contributed by atoms with Crippen LogP contribution in [0.3, 0.4) is 0 Å². The fourth-order valence-corrected chi connectivity index (χ4v) is 2.13. The molecule has 0 aliphatic heterocycles. The second-order valence-corrected chi connectivity index (χ2v) is 5.00. The molecule has 19 heavy (non-hydrogen) atoms. The van der Waals surface area contributed by atoms with Crippen molar-refractivity contribution in [1.29, 1.82) is 0 Å². The molecule has 0 saturated carbocycles. The molecule has 4 heteroatoms. The van der Waals surface area contributed by atoms with E-state index in [4.69, 9.17) is 9.47 Å². The molecule has 1 atom stereocenters. The van der Waals surface area contributed by atoms with E-state index in [2.05, 4.69) is 15.9 Å². The largest absolute Gasteiger partial charge is 0.497 e. The molecule has 0 amide bonds. The Kier molecular flexibility index (Phi) is 4.45. The molecule has 1 N–H and O–H groups in total. The van der Waals surface area contributed by atoms with Gasteiger partial charge in [0.15, 0.2) is 0 Å². The number of hydrogen-bond acceptors (Lipinski definition) is 3. The Labute approximate surface area is 120 Å². The summed E-state index contributed by atoms with van der Waals surface area (Å²) in [5, 5.41) is 9.52. The Morgan fingerprint density at radius 3 is 2.47 bits per heavy atom. The summed E-state index contributed by atoms with van der Waals surface area (Å²) >= 11 is 3.44. The van der Waals surface area contributed by atoms with Crippen LogP contribution in [-0.2, 0) is 0 Å². The molecule has 0 saturated heterocycles. The number of rotatable bonds is 4. The second kappa shape index (κ2) is 6.08. The monoisotopic (exact) mass is 322 g/mol. The van der Waals surface area contributed by atoms with E-state index in [1.807, 2.05) is 42.5 Å². The molecular formula is C15H15BrO3. The van der Waals surface area contributed by atoms with Gasteiger partial charge < -0.3 is 14.6 Å². The Hall–Kier alpha value is -1.52. The minimum absolute atomic E-state index is 0.498. The van der Waals surface area contributed by atoms with E-state index in [1.165, 1.54) is 0 Å². The first-order chi connectivity index (χ1) is 9.10. The predicted octanol–water partition coefficient (Wildman–Crippen LogP) is 4.30. The van der Waals surface area contributed by atoms with Gasteiger partial charge in [-0.05, 0) is 52.7 Å². The smallest absolute Gasteiger partial charge is 0.141 e. The van der Waals surface area contributed by atoms with Crippen molar-refractivity contribution in [3.63, 3.8) is 0 Å². The van der Waals surface area contributed by atoms with Crippen LogP contribution in [0.4, 0.5) is 0 Å². The quantitative estimate of drug-likeness (QED) is 0.911. The van der Waals surface area contributed by atoms with Crippen LogP contribution in [0.1, 0.15) is 18.6 Å². The minimum atomic E-state index is -0.498. The SMILES string of the molecule is COc1cccc(Oc2ccc([C@@H](C)O)cc2Br)c1. The summed E-state index contributed by atoms with van der Waals surface area (Å²) in [5.74, 6) is 2.14. The third kappa shape index (κ3) is 3.49. The van der Waals surface area contributed by atoms with Crippen molar-refractivity contribution in [2.45, 2.75) is 13.0 Å². The molecular weight excluding hydrogens is 308 g/mol. The van der Waals surface area contributed by atoms with Crippen molar-refractivity contribution in [3.8, 4) is 17.2 Å². The van der Waals surface area contributed by atoms with Crippen LogP contribution in [0.5, 0.6) is 17.2 Å². The van der Waals surface area contributed by atoms with Gasteiger partial charge in [0.1, 0.15) is 17.2 Å². The van der Waals surface area contributed by atoms with Gasteiger partial charge in [0, 0.05) is 6.07 Å². The number of methoxy groups -OCH3 is 1. The van der Waals surface area contributed by atoms with Gasteiger partial charge in [-0.15, -0.1) is 0 Å². The Morgan fingerprint density at radius 1 is 1.11 bits per heavy atom. The molecule has 2 aromatic rings. The highest BCUT2D eigenvalue weighted by Gasteiger charge is 2.07. The Balaban J connectivity index is 2.23. The van der Waals surface area contributed by atoms with E-state index in [9.17, 15) is 5.11 Å². The first-order valence-electron chi connectivity index (χ1n) is 5.89. The standard InChI is InChI=1S/C15H15BrO3/c1-10(17)11-6-7-15(14(16)8-11)19-13-5-3-4-12(9-13)18-2/h3-10,17H,1-2H3/t10-/m1/s1. The topological polar surface area (TPSA) is 38.7 Å². The number of ether oxygens (including phenoxy) is 2. The lowest BCUT2D eigenvalue weighted by atomic mass is 10.1. The van der Waals surface area contributed by atoms with Crippen molar-refractivity contribution < 1.29 is 14.6 Å². The number of halogens is 1. The van der Waals surface area contributed by atoms with Crippen LogP contribution in [0.25, 0.3) is 0 Å². The van der Waals surface area contributed by atoms with Crippen LogP contribution in [0, 0.1) is 0 Å². The van der Waals surface area contributed by atoms with Crippen molar-refractivity contribution in [2.75, 3.05) is 7.11 Å². The lowest BCUT2D eigenvalue weighted by Crippen LogP contribution is -1.92. The summed E-state index contributed by atoms with van der Waals surface area (Å²) in [6.45, 7) is 1.73. The van der Waals surface area contributed by atoms with Crippen molar-refractivity contribution in [3.05, 3.63) is 52.5 Å². The maximum atomic E-state index is 9.52. The van der Waals surface area contributed by atoms with Gasteiger partial charge in [0.2, 0.25) is 0 Å². The van der Waals surface area contributed by atoms with Crippen LogP contribution in [0.2, 0.25) is 0 Å². The average molecular weight is 323 g/mol. The molecule has 0 heterocycles. The number of hydrogen-bond donors (Lipinski definition) is 1. The molecule has 0 fully saturated rings. The molecule has 3 nitrogen and oxygen atoms in total. The fraction of sp³-hybridized carbons (Fsp3) is 0.200. The lowest BCUT2D eigenvalue weighted by Gasteiger charge is -2.11. The van der Waals surface area contributed by atoms with Crippen LogP contribution >= 0.6 is 15.9 Å². The maximum Gasteiger partial charge on any atom is 0.141 e. The fourth-order valence-electron chi connectivity index (χ4n) is 1.65. The van der Waals surface area contributed by atoms with E-state index in [-0.39, 0.29) is 0 Å². The Morgan fingerprint density at radius 2 is 1.84 bits per heavy atom. The van der Waals surface area contributed by atoms with Gasteiger partial charge in [-0.2, -0.15) is 0 Å². The van der Waals surface area contributed by atoms with E-state index >= 15 is 0 Å².